The molecule has 0 bridgehead atoms. The molecule has 2 rings (SSSR count). The van der Waals surface area contributed by atoms with Crippen molar-refractivity contribution < 1.29 is 42.9 Å². The number of morpholine rings is 2. The highest BCUT2D eigenvalue weighted by molar-refractivity contribution is 5.89. The monoisotopic (exact) mass is 499 g/mol. The zero-order valence-corrected chi connectivity index (χ0v) is 21.6. The standard InChI is InChI=1S/C12H18N2O4.C11H19NO5/c1-12(2,3)18-11(16)14-6-7-17-8-9(14)10(15)4-5-13;1-11(2,3)17-10(14)12-5-6-16-7-8(12)9(13)15-4/h9H,4,6-8H2,1-3H3;8H,5-7H2,1-4H3/t9-;8-/m00/s1. The van der Waals surface area contributed by atoms with Crippen molar-refractivity contribution in [1.82, 2.24) is 9.80 Å². The maximum Gasteiger partial charge on any atom is 0.411 e. The minimum Gasteiger partial charge on any atom is -0.467 e. The van der Waals surface area contributed by atoms with Crippen LogP contribution < -0.4 is 0 Å². The molecule has 0 saturated carbocycles. The molecule has 0 aromatic carbocycles. The number of hydrogen-bond donors (Lipinski definition) is 0. The second kappa shape index (κ2) is 13.3. The minimum absolute atomic E-state index is 0.125. The lowest BCUT2D eigenvalue weighted by atomic mass is 10.1. The van der Waals surface area contributed by atoms with E-state index in [1.54, 1.807) is 47.6 Å². The van der Waals surface area contributed by atoms with E-state index in [9.17, 15) is 19.2 Å². The molecule has 2 saturated heterocycles. The van der Waals surface area contributed by atoms with E-state index in [0.29, 0.717) is 26.3 Å². The number of Topliss-reactive ketones (excluding diaryl/α,β-unsaturated/α-hetero) is 1. The molecular weight excluding hydrogens is 462 g/mol. The van der Waals surface area contributed by atoms with Gasteiger partial charge in [0.05, 0.1) is 46.0 Å². The SMILES string of the molecule is CC(C)(C)OC(=O)N1CCOC[C@H]1C(=O)CC#N.COC(=O)[C@@H]1COCCN1C(=O)OC(C)(C)C. The lowest BCUT2D eigenvalue weighted by molar-refractivity contribution is -0.152. The average Bonchev–Trinajstić information content (AvgIpc) is 2.77. The Kier molecular flexibility index (Phi) is 11.4. The van der Waals surface area contributed by atoms with Crippen molar-refractivity contribution in [3.63, 3.8) is 0 Å². The molecule has 12 heteroatoms. The summed E-state index contributed by atoms with van der Waals surface area (Å²) in [4.78, 5) is 49.7. The van der Waals surface area contributed by atoms with Crippen LogP contribution in [0.15, 0.2) is 0 Å². The summed E-state index contributed by atoms with van der Waals surface area (Å²) >= 11 is 0. The number of esters is 1. The van der Waals surface area contributed by atoms with Gasteiger partial charge in [0.25, 0.3) is 0 Å². The fourth-order valence-electron chi connectivity index (χ4n) is 3.08. The fraction of sp³-hybridized carbons (Fsp3) is 0.783. The zero-order valence-electron chi connectivity index (χ0n) is 21.6. The number of carbonyl (C=O) groups is 4. The second-order valence-electron chi connectivity index (χ2n) is 9.85. The molecule has 0 spiro atoms. The second-order valence-corrected chi connectivity index (χ2v) is 9.85. The molecule has 0 unspecified atom stereocenters. The van der Waals surface area contributed by atoms with E-state index >= 15 is 0 Å². The van der Waals surface area contributed by atoms with Gasteiger partial charge in [-0.3, -0.25) is 14.6 Å². The van der Waals surface area contributed by atoms with E-state index in [1.807, 2.05) is 0 Å². The van der Waals surface area contributed by atoms with E-state index in [-0.39, 0.29) is 25.4 Å². The van der Waals surface area contributed by atoms with Crippen molar-refractivity contribution >= 4 is 23.9 Å². The summed E-state index contributed by atoms with van der Waals surface area (Å²) in [7, 11) is 1.28. The van der Waals surface area contributed by atoms with Crippen LogP contribution in [0.5, 0.6) is 0 Å². The number of nitriles is 1. The third-order valence-electron chi connectivity index (χ3n) is 4.61. The summed E-state index contributed by atoms with van der Waals surface area (Å²) in [5, 5.41) is 8.53. The third-order valence-corrected chi connectivity index (χ3v) is 4.61. The van der Waals surface area contributed by atoms with Gasteiger partial charge in [0.15, 0.2) is 11.8 Å². The molecule has 2 aliphatic rings. The number of nitrogens with zero attached hydrogens (tertiary/aromatic N) is 3. The molecule has 2 atom stereocenters. The molecule has 0 aromatic heterocycles. The molecule has 0 aromatic rings. The Hall–Kier alpha value is -2.91. The Labute approximate surface area is 206 Å². The molecule has 0 radical (unpaired) electrons. The van der Waals surface area contributed by atoms with Gasteiger partial charge >= 0.3 is 18.2 Å². The van der Waals surface area contributed by atoms with Gasteiger partial charge in [0.2, 0.25) is 0 Å². The summed E-state index contributed by atoms with van der Waals surface area (Å²) in [6.07, 6.45) is -1.29. The summed E-state index contributed by atoms with van der Waals surface area (Å²) in [5.74, 6) is -0.807. The molecule has 198 valence electrons. The number of rotatable bonds is 3. The van der Waals surface area contributed by atoms with Gasteiger partial charge in [-0.2, -0.15) is 5.26 Å². The highest BCUT2D eigenvalue weighted by atomic mass is 16.6. The van der Waals surface area contributed by atoms with E-state index < -0.39 is 41.4 Å². The van der Waals surface area contributed by atoms with Crippen LogP contribution in [0.25, 0.3) is 0 Å². The molecular formula is C23H37N3O9. The molecule has 12 nitrogen and oxygen atoms in total. The number of ketones is 1. The Morgan fingerprint density at radius 1 is 0.857 bits per heavy atom. The number of hydrogen-bond acceptors (Lipinski definition) is 10. The van der Waals surface area contributed by atoms with Crippen LogP contribution in [0.3, 0.4) is 0 Å². The van der Waals surface area contributed by atoms with Crippen LogP contribution in [0.1, 0.15) is 48.0 Å². The topological polar surface area (TPSA) is 145 Å². The van der Waals surface area contributed by atoms with Gasteiger partial charge in [-0.15, -0.1) is 0 Å². The Bertz CT molecular complexity index is 796. The molecule has 2 amide bonds. The van der Waals surface area contributed by atoms with Gasteiger partial charge in [-0.05, 0) is 41.5 Å². The molecule has 2 heterocycles. The Balaban J connectivity index is 0.000000351. The van der Waals surface area contributed by atoms with Crippen molar-refractivity contribution in [3.05, 3.63) is 0 Å². The summed E-state index contributed by atoms with van der Waals surface area (Å²) in [6, 6.07) is 0.355. The van der Waals surface area contributed by atoms with E-state index in [0.717, 1.165) is 0 Å². The van der Waals surface area contributed by atoms with Crippen LogP contribution in [-0.2, 0) is 33.3 Å². The highest BCUT2D eigenvalue weighted by Crippen LogP contribution is 2.17. The van der Waals surface area contributed by atoms with E-state index in [2.05, 4.69) is 4.74 Å². The Morgan fingerprint density at radius 3 is 1.69 bits per heavy atom. The first kappa shape index (κ1) is 30.1. The lowest BCUT2D eigenvalue weighted by Crippen LogP contribution is -2.54. The van der Waals surface area contributed by atoms with Crippen LogP contribution in [0, 0.1) is 11.3 Å². The van der Waals surface area contributed by atoms with Gasteiger partial charge in [-0.25, -0.2) is 14.4 Å². The zero-order chi connectivity index (χ0) is 26.8. The predicted molar refractivity (Wildman–Crippen MR) is 122 cm³/mol. The van der Waals surface area contributed by atoms with Crippen LogP contribution >= 0.6 is 0 Å². The molecule has 0 N–H and O–H groups in total. The van der Waals surface area contributed by atoms with Crippen molar-refractivity contribution in [1.29, 1.82) is 5.26 Å². The van der Waals surface area contributed by atoms with Gasteiger partial charge in [0, 0.05) is 13.1 Å². The lowest BCUT2D eigenvalue weighted by Gasteiger charge is -2.35. The van der Waals surface area contributed by atoms with Crippen molar-refractivity contribution in [2.24, 2.45) is 0 Å². The normalized spacial score (nSPS) is 20.5. The molecule has 0 aliphatic carbocycles. The average molecular weight is 500 g/mol. The third kappa shape index (κ3) is 10.5. The Morgan fingerprint density at radius 2 is 1.29 bits per heavy atom. The highest BCUT2D eigenvalue weighted by Gasteiger charge is 2.36. The number of carbonyl (C=O) groups excluding carboxylic acids is 4. The summed E-state index contributed by atoms with van der Waals surface area (Å²) < 4.78 is 25.4. The summed E-state index contributed by atoms with van der Waals surface area (Å²) in [6.45, 7) is 12.3. The first-order valence-electron chi connectivity index (χ1n) is 11.3. The van der Waals surface area contributed by atoms with Crippen LogP contribution in [-0.4, -0.2) is 104 Å². The maximum absolute atomic E-state index is 11.9. The summed E-state index contributed by atoms with van der Waals surface area (Å²) in [5.41, 5.74) is -1.20. The number of methoxy groups -OCH3 is 1. The van der Waals surface area contributed by atoms with Gasteiger partial charge in [0.1, 0.15) is 17.2 Å². The smallest absolute Gasteiger partial charge is 0.411 e. The van der Waals surface area contributed by atoms with Crippen LogP contribution in [0.2, 0.25) is 0 Å². The van der Waals surface area contributed by atoms with E-state index in [1.165, 1.54) is 16.9 Å². The first-order valence-corrected chi connectivity index (χ1v) is 11.3. The quantitative estimate of drug-likeness (QED) is 0.417. The predicted octanol–water partition coefficient (Wildman–Crippen LogP) is 1.90. The van der Waals surface area contributed by atoms with Gasteiger partial charge < -0.3 is 23.7 Å². The fourth-order valence-corrected chi connectivity index (χ4v) is 3.08. The van der Waals surface area contributed by atoms with Crippen molar-refractivity contribution in [3.8, 4) is 6.07 Å². The maximum atomic E-state index is 11.9. The van der Waals surface area contributed by atoms with E-state index in [4.69, 9.17) is 24.2 Å². The first-order chi connectivity index (χ1) is 16.2. The number of amides is 2. The molecule has 2 aliphatic heterocycles. The van der Waals surface area contributed by atoms with Crippen LogP contribution in [0.4, 0.5) is 9.59 Å². The van der Waals surface area contributed by atoms with Crippen molar-refractivity contribution in [2.45, 2.75) is 71.2 Å². The van der Waals surface area contributed by atoms with Crippen molar-refractivity contribution in [2.75, 3.05) is 46.6 Å². The molecule has 35 heavy (non-hydrogen) atoms. The largest absolute Gasteiger partial charge is 0.467 e. The minimum atomic E-state index is -0.719. The number of ether oxygens (including phenoxy) is 5. The molecule has 2 fully saturated rings. The van der Waals surface area contributed by atoms with Gasteiger partial charge in [-0.1, -0.05) is 0 Å².